The molecule has 2 atom stereocenters. The quantitative estimate of drug-likeness (QED) is 0.144. The Bertz CT molecular complexity index is 758. The fourth-order valence-electron chi connectivity index (χ4n) is 3.01. The number of carboxylic acids is 3. The van der Waals surface area contributed by atoms with Gasteiger partial charge in [-0.25, -0.2) is 4.72 Å². The number of ether oxygens (including phenoxy) is 1. The highest BCUT2D eigenvalue weighted by Gasteiger charge is 2.52. The minimum atomic E-state index is -3.94. The minimum absolute atomic E-state index is 0.0160. The fraction of sp³-hybridized carbons (Fsp3) is 0.812. The minimum Gasteiger partial charge on any atom is -0.481 e. The largest absolute Gasteiger partial charge is 0.481 e. The zero-order valence-corrected chi connectivity index (χ0v) is 19.3. The standard InChI is InChI=1S/C12H25BN4O7S.2C2H4O2/c14-11(7-24-8-11)5-16-25(22,23)17-4-9(2-1-3-13(20)21)12(15,6-17)10(18)19;2*1-2(3)4/h9,16,20-21H,1-8,14-15H2,(H,18,19);2*1H3,(H,3,4)/t9-,12-;;/m0../s1. The number of rotatable bonds is 9. The van der Waals surface area contributed by atoms with Gasteiger partial charge in [0.25, 0.3) is 22.1 Å². The van der Waals surface area contributed by atoms with Gasteiger partial charge in [-0.1, -0.05) is 6.42 Å². The van der Waals surface area contributed by atoms with Crippen molar-refractivity contribution in [2.24, 2.45) is 17.4 Å². The van der Waals surface area contributed by atoms with Crippen LogP contribution in [0.3, 0.4) is 0 Å². The molecule has 0 spiro atoms. The first-order valence-corrected chi connectivity index (χ1v) is 11.3. The van der Waals surface area contributed by atoms with Crippen LogP contribution in [0.5, 0.6) is 0 Å². The third-order valence-electron chi connectivity index (χ3n) is 4.73. The summed E-state index contributed by atoms with van der Waals surface area (Å²) in [4.78, 5) is 29.6. The first-order valence-electron chi connectivity index (χ1n) is 9.84. The Morgan fingerprint density at radius 3 is 1.97 bits per heavy atom. The highest BCUT2D eigenvalue weighted by molar-refractivity contribution is 7.87. The maximum absolute atomic E-state index is 12.4. The van der Waals surface area contributed by atoms with Crippen LogP contribution in [0.4, 0.5) is 0 Å². The van der Waals surface area contributed by atoms with Crippen molar-refractivity contribution in [3.63, 3.8) is 0 Å². The summed E-state index contributed by atoms with van der Waals surface area (Å²) in [7, 11) is -5.44. The number of carbonyl (C=O) groups is 3. The predicted molar refractivity (Wildman–Crippen MR) is 115 cm³/mol. The number of carboxylic acid groups (broad SMARTS) is 3. The van der Waals surface area contributed by atoms with Crippen molar-refractivity contribution in [1.82, 2.24) is 9.03 Å². The van der Waals surface area contributed by atoms with E-state index >= 15 is 0 Å². The lowest BCUT2D eigenvalue weighted by Crippen LogP contribution is -2.64. The van der Waals surface area contributed by atoms with Crippen molar-refractivity contribution in [2.75, 3.05) is 32.8 Å². The van der Waals surface area contributed by atoms with Gasteiger partial charge in [-0.3, -0.25) is 14.4 Å². The molecule has 17 heteroatoms. The number of hydrogen-bond acceptors (Lipinski definition) is 10. The number of nitrogens with one attached hydrogen (secondary N) is 1. The number of nitrogens with two attached hydrogens (primary N) is 2. The molecule has 15 nitrogen and oxygen atoms in total. The van der Waals surface area contributed by atoms with Crippen LogP contribution in [-0.2, 0) is 29.3 Å². The van der Waals surface area contributed by atoms with Crippen LogP contribution in [0.15, 0.2) is 0 Å². The second kappa shape index (κ2) is 13.1. The summed E-state index contributed by atoms with van der Waals surface area (Å²) in [6, 6.07) is 0. The molecule has 2 aliphatic rings. The molecule has 2 heterocycles. The summed E-state index contributed by atoms with van der Waals surface area (Å²) >= 11 is 0. The third-order valence-corrected chi connectivity index (χ3v) is 6.20. The molecule has 0 bridgehead atoms. The zero-order chi connectivity index (χ0) is 26.0. The molecule has 0 aromatic carbocycles. The molecule has 0 amide bonds. The molecule has 2 aliphatic heterocycles. The number of hydrogen-bond donors (Lipinski definition) is 8. The van der Waals surface area contributed by atoms with Crippen LogP contribution >= 0.6 is 0 Å². The van der Waals surface area contributed by atoms with Crippen LogP contribution in [-0.4, -0.2) is 107 Å². The van der Waals surface area contributed by atoms with Gasteiger partial charge in [0.1, 0.15) is 5.54 Å². The molecule has 10 N–H and O–H groups in total. The van der Waals surface area contributed by atoms with Gasteiger partial charge < -0.3 is 41.6 Å². The van der Waals surface area contributed by atoms with E-state index in [-0.39, 0.29) is 45.6 Å². The number of aliphatic carboxylic acids is 3. The molecule has 0 aromatic rings. The smallest absolute Gasteiger partial charge is 0.451 e. The van der Waals surface area contributed by atoms with Crippen LogP contribution in [0, 0.1) is 5.92 Å². The average Bonchev–Trinajstić information content (AvgIpc) is 2.96. The highest BCUT2D eigenvalue weighted by atomic mass is 32.2. The van der Waals surface area contributed by atoms with Gasteiger partial charge in [-0.15, -0.1) is 0 Å². The fourth-order valence-corrected chi connectivity index (χ4v) is 4.42. The molecule has 2 rings (SSSR count). The molecule has 33 heavy (non-hydrogen) atoms. The van der Waals surface area contributed by atoms with Crippen LogP contribution in [0.2, 0.25) is 6.32 Å². The van der Waals surface area contributed by atoms with Gasteiger partial charge in [-0.05, 0) is 12.7 Å². The molecule has 2 fully saturated rings. The van der Waals surface area contributed by atoms with Crippen molar-refractivity contribution in [3.8, 4) is 0 Å². The Labute approximate surface area is 192 Å². The van der Waals surface area contributed by atoms with Crippen molar-refractivity contribution >= 4 is 35.2 Å². The lowest BCUT2D eigenvalue weighted by molar-refractivity contribution is -0.144. The van der Waals surface area contributed by atoms with Gasteiger partial charge in [0.2, 0.25) is 0 Å². The SMILES string of the molecule is CC(=O)O.CC(=O)O.NC1(CNS(=O)(=O)N2C[C@H](CCCB(O)O)[C@](N)(C(=O)O)C2)COC1. The number of nitrogens with zero attached hydrogens (tertiary/aromatic N) is 1. The van der Waals surface area contributed by atoms with Crippen molar-refractivity contribution < 1.29 is 52.9 Å². The van der Waals surface area contributed by atoms with E-state index in [9.17, 15) is 18.3 Å². The van der Waals surface area contributed by atoms with E-state index in [2.05, 4.69) is 4.72 Å². The van der Waals surface area contributed by atoms with E-state index < -0.39 is 52.2 Å². The van der Waals surface area contributed by atoms with Gasteiger partial charge in [0, 0.05) is 39.4 Å². The van der Waals surface area contributed by atoms with E-state index in [1.807, 2.05) is 0 Å². The van der Waals surface area contributed by atoms with Crippen LogP contribution in [0.1, 0.15) is 26.7 Å². The predicted octanol–water partition coefficient (Wildman–Crippen LogP) is -3.30. The second-order valence-corrected chi connectivity index (χ2v) is 9.72. The Balaban J connectivity index is 0.00000111. The average molecular weight is 500 g/mol. The molecule has 2 saturated heterocycles. The van der Waals surface area contributed by atoms with Gasteiger partial charge >= 0.3 is 13.1 Å². The van der Waals surface area contributed by atoms with Crippen LogP contribution in [0.25, 0.3) is 0 Å². The zero-order valence-electron chi connectivity index (χ0n) is 18.5. The lowest BCUT2D eigenvalue weighted by atomic mass is 9.78. The maximum atomic E-state index is 12.4. The van der Waals surface area contributed by atoms with E-state index in [0.717, 1.165) is 18.2 Å². The molecule has 0 unspecified atom stereocenters. The van der Waals surface area contributed by atoms with Crippen LogP contribution < -0.4 is 16.2 Å². The Kier molecular flexibility index (Phi) is 12.4. The Morgan fingerprint density at radius 1 is 1.12 bits per heavy atom. The summed E-state index contributed by atoms with van der Waals surface area (Å²) in [6.45, 7) is 2.22. The lowest BCUT2D eigenvalue weighted by Gasteiger charge is -2.38. The monoisotopic (exact) mass is 500 g/mol. The van der Waals surface area contributed by atoms with Crippen molar-refractivity contribution in [1.29, 1.82) is 0 Å². The first-order chi connectivity index (χ1) is 14.9. The van der Waals surface area contributed by atoms with E-state index in [4.69, 9.17) is 46.1 Å². The molecule has 192 valence electrons. The third kappa shape index (κ3) is 11.2. The van der Waals surface area contributed by atoms with Gasteiger partial charge in [-0.2, -0.15) is 12.7 Å². The first kappa shape index (κ1) is 31.1. The summed E-state index contributed by atoms with van der Waals surface area (Å²) < 4.78 is 33.2. The van der Waals surface area contributed by atoms with Gasteiger partial charge in [0.15, 0.2) is 0 Å². The van der Waals surface area contributed by atoms with E-state index in [1.54, 1.807) is 0 Å². The molecular formula is C16H33BN4O11S. The molecule has 0 aromatic heterocycles. The maximum Gasteiger partial charge on any atom is 0.451 e. The summed E-state index contributed by atoms with van der Waals surface area (Å²) in [5.41, 5.74) is 9.38. The van der Waals surface area contributed by atoms with E-state index in [0.29, 0.717) is 6.42 Å². The van der Waals surface area contributed by atoms with Gasteiger partial charge in [0.05, 0.1) is 18.8 Å². The second-order valence-electron chi connectivity index (χ2n) is 7.97. The van der Waals surface area contributed by atoms with Crippen molar-refractivity contribution in [2.45, 2.75) is 44.1 Å². The van der Waals surface area contributed by atoms with Crippen molar-refractivity contribution in [3.05, 3.63) is 0 Å². The highest BCUT2D eigenvalue weighted by Crippen LogP contribution is 2.32. The molecule has 0 saturated carbocycles. The normalized spacial score (nSPS) is 23.8. The topological polar surface area (TPSA) is 263 Å². The molecule has 0 radical (unpaired) electrons. The van der Waals surface area contributed by atoms with E-state index in [1.165, 1.54) is 0 Å². The summed E-state index contributed by atoms with van der Waals surface area (Å²) in [5.74, 6) is -3.60. The Morgan fingerprint density at radius 2 is 1.61 bits per heavy atom. The molecular weight excluding hydrogens is 467 g/mol. The Hall–Kier alpha value is -1.86. The summed E-state index contributed by atoms with van der Waals surface area (Å²) in [6.07, 6.45) is 0.646. The molecule has 0 aliphatic carbocycles. The summed E-state index contributed by atoms with van der Waals surface area (Å²) in [5, 5.41) is 42.1.